The van der Waals surface area contributed by atoms with E-state index in [0.29, 0.717) is 11.3 Å². The van der Waals surface area contributed by atoms with Crippen molar-refractivity contribution in [3.05, 3.63) is 65.3 Å². The summed E-state index contributed by atoms with van der Waals surface area (Å²) in [6.07, 6.45) is 5.51. The minimum absolute atomic E-state index is 0.0565. The summed E-state index contributed by atoms with van der Waals surface area (Å²) in [6.45, 7) is 7.21. The maximum Gasteiger partial charge on any atom is 0.405 e. The van der Waals surface area contributed by atoms with Crippen LogP contribution >= 0.6 is 11.3 Å². The number of aromatic nitrogens is 1. The van der Waals surface area contributed by atoms with Gasteiger partial charge in [0.25, 0.3) is 0 Å². The predicted octanol–water partition coefficient (Wildman–Crippen LogP) is 6.38. The number of fused-ring (bicyclic) bond motifs is 3. The van der Waals surface area contributed by atoms with Crippen molar-refractivity contribution in [2.45, 2.75) is 93.7 Å². The lowest BCUT2D eigenvalue weighted by Gasteiger charge is -2.52. The van der Waals surface area contributed by atoms with E-state index in [1.807, 2.05) is 37.3 Å². The fourth-order valence-corrected chi connectivity index (χ4v) is 9.20. The minimum atomic E-state index is -3.98. The van der Waals surface area contributed by atoms with E-state index in [2.05, 4.69) is 20.7 Å². The summed E-state index contributed by atoms with van der Waals surface area (Å²) in [5.74, 6) is 0. The molecule has 1 aromatic heterocycles. The molecule has 10 nitrogen and oxygen atoms in total. The number of thiazole rings is 1. The SMILES string of the molecule is CC(NC(=O)Nc1ccc(-c2cnc(C34CCC(NC(=O)O)(CC3)CC4)s2)c(S(=O)(=O)NC(C)(C)C)c1)c1ccccc1. The second-order valence-corrected chi connectivity index (χ2v) is 15.5. The van der Waals surface area contributed by atoms with Crippen LogP contribution in [-0.4, -0.2) is 41.7 Å². The van der Waals surface area contributed by atoms with Gasteiger partial charge in [-0.3, -0.25) is 0 Å². The highest BCUT2D eigenvalue weighted by Gasteiger charge is 2.51. The van der Waals surface area contributed by atoms with Crippen molar-refractivity contribution in [1.82, 2.24) is 20.3 Å². The van der Waals surface area contributed by atoms with Crippen molar-refractivity contribution in [3.63, 3.8) is 0 Å². The van der Waals surface area contributed by atoms with Gasteiger partial charge in [0.2, 0.25) is 10.0 Å². The molecule has 0 saturated heterocycles. The highest BCUT2D eigenvalue weighted by atomic mass is 32.2. The van der Waals surface area contributed by atoms with E-state index < -0.39 is 27.7 Å². The molecule has 5 N–H and O–H groups in total. The third-order valence-corrected chi connectivity index (χ3v) is 11.5. The van der Waals surface area contributed by atoms with Crippen molar-refractivity contribution >= 4 is 39.2 Å². The molecule has 12 heteroatoms. The van der Waals surface area contributed by atoms with Gasteiger partial charge in [-0.2, -0.15) is 0 Å². The molecule has 3 aliphatic carbocycles. The Morgan fingerprint density at radius 2 is 1.65 bits per heavy atom. The molecule has 0 aliphatic heterocycles. The molecule has 230 valence electrons. The van der Waals surface area contributed by atoms with Crippen molar-refractivity contribution in [1.29, 1.82) is 0 Å². The molecule has 1 unspecified atom stereocenters. The van der Waals surface area contributed by atoms with Gasteiger partial charge in [-0.1, -0.05) is 36.4 Å². The van der Waals surface area contributed by atoms with Crippen molar-refractivity contribution in [3.8, 4) is 10.4 Å². The zero-order chi connectivity index (χ0) is 31.0. The van der Waals surface area contributed by atoms with Crippen LogP contribution in [0.5, 0.6) is 0 Å². The molecule has 43 heavy (non-hydrogen) atoms. The second kappa shape index (κ2) is 11.5. The Morgan fingerprint density at radius 1 is 1.00 bits per heavy atom. The maximum atomic E-state index is 13.7. The molecule has 3 saturated carbocycles. The monoisotopic (exact) mass is 625 g/mol. The van der Waals surface area contributed by atoms with Crippen molar-refractivity contribution < 1.29 is 23.1 Å². The largest absolute Gasteiger partial charge is 0.465 e. The zero-order valence-electron chi connectivity index (χ0n) is 24.9. The zero-order valence-corrected chi connectivity index (χ0v) is 26.5. The van der Waals surface area contributed by atoms with E-state index in [0.717, 1.165) is 54.0 Å². The van der Waals surface area contributed by atoms with Gasteiger partial charge in [0.15, 0.2) is 0 Å². The van der Waals surface area contributed by atoms with E-state index in [1.165, 1.54) is 17.4 Å². The van der Waals surface area contributed by atoms with Gasteiger partial charge in [-0.05, 0) is 83.9 Å². The molecule has 3 aliphatic rings. The smallest absolute Gasteiger partial charge is 0.405 e. The summed E-state index contributed by atoms with van der Waals surface area (Å²) >= 11 is 1.49. The van der Waals surface area contributed by atoms with Crippen LogP contribution in [0.2, 0.25) is 0 Å². The summed E-state index contributed by atoms with van der Waals surface area (Å²) in [6, 6.07) is 13.8. The predicted molar refractivity (Wildman–Crippen MR) is 168 cm³/mol. The molecule has 1 heterocycles. The second-order valence-electron chi connectivity index (χ2n) is 12.8. The van der Waals surface area contributed by atoms with Crippen LogP contribution in [0.3, 0.4) is 0 Å². The van der Waals surface area contributed by atoms with Crippen LogP contribution in [0.25, 0.3) is 10.4 Å². The lowest BCUT2D eigenvalue weighted by molar-refractivity contribution is 0.0746. The topological polar surface area (TPSA) is 150 Å². The summed E-state index contributed by atoms with van der Waals surface area (Å²) in [4.78, 5) is 29.7. The number of carboxylic acid groups (broad SMARTS) is 1. The Kier molecular flexibility index (Phi) is 8.32. The summed E-state index contributed by atoms with van der Waals surface area (Å²) < 4.78 is 30.1. The average molecular weight is 626 g/mol. The number of nitrogens with zero attached hydrogens (tertiary/aromatic N) is 1. The van der Waals surface area contributed by atoms with Gasteiger partial charge in [-0.15, -0.1) is 11.3 Å². The number of benzene rings is 2. The first-order valence-corrected chi connectivity index (χ1v) is 16.8. The number of anilines is 1. The van der Waals surface area contributed by atoms with Crippen LogP contribution < -0.4 is 20.7 Å². The third-order valence-electron chi connectivity index (χ3n) is 8.46. The molecule has 3 fully saturated rings. The molecule has 1 atom stereocenters. The van der Waals surface area contributed by atoms with Crippen LogP contribution in [0.1, 0.15) is 82.8 Å². The third kappa shape index (κ3) is 6.86. The molecular formula is C31H39N5O5S2. The van der Waals surface area contributed by atoms with E-state index in [1.54, 1.807) is 39.1 Å². The average Bonchev–Trinajstić information content (AvgIpc) is 3.44. The van der Waals surface area contributed by atoms with Gasteiger partial charge >= 0.3 is 12.1 Å². The minimum Gasteiger partial charge on any atom is -0.465 e. The first-order valence-electron chi connectivity index (χ1n) is 14.5. The lowest BCUT2D eigenvalue weighted by Crippen LogP contribution is -2.57. The highest BCUT2D eigenvalue weighted by Crippen LogP contribution is 2.55. The normalized spacial score (nSPS) is 22.5. The molecule has 2 aromatic carbocycles. The van der Waals surface area contributed by atoms with Crippen molar-refractivity contribution in [2.75, 3.05) is 5.32 Å². The quantitative estimate of drug-likeness (QED) is 0.196. The van der Waals surface area contributed by atoms with Crippen LogP contribution in [-0.2, 0) is 15.4 Å². The number of amides is 3. The highest BCUT2D eigenvalue weighted by molar-refractivity contribution is 7.89. The van der Waals surface area contributed by atoms with E-state index in [9.17, 15) is 23.1 Å². The van der Waals surface area contributed by atoms with E-state index in [-0.39, 0.29) is 21.9 Å². The van der Waals surface area contributed by atoms with Crippen LogP contribution in [0.4, 0.5) is 15.3 Å². The Bertz CT molecular complexity index is 1590. The number of sulfonamides is 1. The Labute approximate surface area is 256 Å². The van der Waals surface area contributed by atoms with Gasteiger partial charge in [0, 0.05) is 33.9 Å². The van der Waals surface area contributed by atoms with Crippen LogP contribution in [0.15, 0.2) is 59.6 Å². The first kappa shape index (κ1) is 31.0. The number of nitrogens with one attached hydrogen (secondary N) is 4. The van der Waals surface area contributed by atoms with Crippen LogP contribution in [0, 0.1) is 0 Å². The summed E-state index contributed by atoms with van der Waals surface area (Å²) in [7, 11) is -3.98. The molecule has 0 spiro atoms. The number of rotatable bonds is 8. The Hall–Kier alpha value is -3.48. The molecular weight excluding hydrogens is 587 g/mol. The standard InChI is InChI=1S/C31H39N5O5S2/c1-20(21-8-6-5-7-9-21)33-27(37)34-22-10-11-23(25(18-22)43(40,41)36-29(2,3)4)24-19-32-26(42-24)30-12-15-31(16-13-30,17-14-30)35-28(38)39/h5-11,18-20,35-36H,12-17H2,1-4H3,(H,38,39)(H2,33,34,37). The van der Waals surface area contributed by atoms with Gasteiger partial charge in [0.1, 0.15) is 0 Å². The number of hydrogen-bond donors (Lipinski definition) is 5. The number of carbonyl (C=O) groups is 2. The molecule has 0 radical (unpaired) electrons. The molecule has 6 rings (SSSR count). The fourth-order valence-electron chi connectivity index (χ4n) is 6.24. The lowest BCUT2D eigenvalue weighted by atomic mass is 9.57. The fraction of sp³-hybridized carbons (Fsp3) is 0.452. The molecule has 3 amide bonds. The first-order chi connectivity index (χ1) is 20.2. The Morgan fingerprint density at radius 3 is 2.26 bits per heavy atom. The van der Waals surface area contributed by atoms with Crippen molar-refractivity contribution in [2.24, 2.45) is 0 Å². The van der Waals surface area contributed by atoms with Gasteiger partial charge < -0.3 is 21.1 Å². The van der Waals surface area contributed by atoms with E-state index >= 15 is 0 Å². The van der Waals surface area contributed by atoms with E-state index in [4.69, 9.17) is 4.98 Å². The number of urea groups is 1. The van der Waals surface area contributed by atoms with Gasteiger partial charge in [-0.25, -0.2) is 27.7 Å². The van der Waals surface area contributed by atoms with Gasteiger partial charge in [0.05, 0.1) is 20.8 Å². The number of hydrogen-bond acceptors (Lipinski definition) is 6. The maximum absolute atomic E-state index is 13.7. The molecule has 3 aromatic rings. The number of carbonyl (C=O) groups excluding carboxylic acids is 1. The Balaban J connectivity index is 1.41. The summed E-state index contributed by atoms with van der Waals surface area (Å²) in [5, 5.41) is 18.7. The molecule has 2 bridgehead atoms. The summed E-state index contributed by atoms with van der Waals surface area (Å²) in [5.41, 5.74) is 0.589.